The summed E-state index contributed by atoms with van der Waals surface area (Å²) in [5.41, 5.74) is 1.36. The highest BCUT2D eigenvalue weighted by atomic mass is 32.1. The third-order valence-electron chi connectivity index (χ3n) is 6.01. The van der Waals surface area contributed by atoms with Crippen LogP contribution in [0.15, 0.2) is 4.79 Å². The van der Waals surface area contributed by atoms with Gasteiger partial charge in [-0.25, -0.2) is 4.98 Å². The smallest absolute Gasteiger partial charge is 0.260 e. The minimum atomic E-state index is 0.0818. The molecule has 1 aliphatic carbocycles. The predicted molar refractivity (Wildman–Crippen MR) is 98.9 cm³/mol. The largest absolute Gasteiger partial charge is 0.326 e. The summed E-state index contributed by atoms with van der Waals surface area (Å²) in [7, 11) is 0. The molecule has 0 bridgehead atoms. The van der Waals surface area contributed by atoms with Crippen LogP contribution in [0.25, 0.3) is 10.2 Å². The predicted octanol–water partition coefficient (Wildman–Crippen LogP) is 2.49. The zero-order valence-corrected chi connectivity index (χ0v) is 15.8. The summed E-state index contributed by atoms with van der Waals surface area (Å²) < 4.78 is 0. The monoisotopic (exact) mass is 346 g/mol. The van der Waals surface area contributed by atoms with Gasteiger partial charge in [-0.15, -0.1) is 11.3 Å². The maximum Gasteiger partial charge on any atom is 0.260 e. The maximum absolute atomic E-state index is 12.8. The number of likely N-dealkylation sites (tertiary alicyclic amines) is 1. The number of hydrogen-bond acceptors (Lipinski definition) is 3. The molecule has 4 rings (SSSR count). The van der Waals surface area contributed by atoms with E-state index in [1.54, 1.807) is 16.2 Å². The van der Waals surface area contributed by atoms with Gasteiger partial charge < -0.3 is 9.88 Å². The fourth-order valence-electron chi connectivity index (χ4n) is 4.49. The fourth-order valence-corrected chi connectivity index (χ4v) is 5.88. The molecule has 1 unspecified atom stereocenters. The Morgan fingerprint density at radius 3 is 2.92 bits per heavy atom. The molecule has 5 heteroatoms. The quantitative estimate of drug-likeness (QED) is 0.878. The van der Waals surface area contributed by atoms with E-state index in [1.165, 1.54) is 42.8 Å². The van der Waals surface area contributed by atoms with Crippen molar-refractivity contribution >= 4 is 21.6 Å². The first-order valence-electron chi connectivity index (χ1n) is 9.42. The SMILES string of the molecule is C[C@@H]1CCc2c(sc3nc([C@H](C)[NH+]4CCC[C@H](C)C4)[nH]c(=O)c23)C1. The van der Waals surface area contributed by atoms with Gasteiger partial charge in [0, 0.05) is 10.8 Å². The Morgan fingerprint density at radius 1 is 1.29 bits per heavy atom. The summed E-state index contributed by atoms with van der Waals surface area (Å²) in [5.74, 6) is 2.37. The Balaban J connectivity index is 1.71. The van der Waals surface area contributed by atoms with E-state index in [4.69, 9.17) is 4.98 Å². The molecule has 1 saturated heterocycles. The van der Waals surface area contributed by atoms with Crippen molar-refractivity contribution < 1.29 is 4.90 Å². The first-order chi connectivity index (χ1) is 11.5. The van der Waals surface area contributed by atoms with Crippen LogP contribution in [0.5, 0.6) is 0 Å². The highest BCUT2D eigenvalue weighted by Gasteiger charge is 2.29. The van der Waals surface area contributed by atoms with E-state index in [2.05, 4.69) is 25.8 Å². The molecule has 130 valence electrons. The van der Waals surface area contributed by atoms with E-state index in [0.29, 0.717) is 0 Å². The van der Waals surface area contributed by atoms with Crippen LogP contribution in [0, 0.1) is 11.8 Å². The lowest BCUT2D eigenvalue weighted by Gasteiger charge is -2.31. The molecule has 2 N–H and O–H groups in total. The van der Waals surface area contributed by atoms with Gasteiger partial charge in [0.25, 0.3) is 5.56 Å². The van der Waals surface area contributed by atoms with E-state index in [9.17, 15) is 4.79 Å². The molecular weight excluding hydrogens is 318 g/mol. The maximum atomic E-state index is 12.8. The first-order valence-corrected chi connectivity index (χ1v) is 10.2. The number of quaternary nitrogens is 1. The second-order valence-electron chi connectivity index (χ2n) is 8.06. The van der Waals surface area contributed by atoms with Gasteiger partial charge in [0.05, 0.1) is 18.5 Å². The average Bonchev–Trinajstić information content (AvgIpc) is 2.91. The number of nitrogens with one attached hydrogen (secondary N) is 2. The first kappa shape index (κ1) is 16.3. The molecule has 2 aromatic heterocycles. The Labute approximate surface area is 147 Å². The minimum absolute atomic E-state index is 0.0818. The summed E-state index contributed by atoms with van der Waals surface area (Å²) in [6.07, 6.45) is 5.93. The number of aryl methyl sites for hydroxylation is 1. The molecule has 0 spiro atoms. The van der Waals surface area contributed by atoms with E-state index in [0.717, 1.165) is 40.7 Å². The number of H-pyrrole nitrogens is 1. The van der Waals surface area contributed by atoms with Gasteiger partial charge in [0.2, 0.25) is 0 Å². The second kappa shape index (κ2) is 6.26. The Bertz CT molecular complexity index is 809. The number of fused-ring (bicyclic) bond motifs is 3. The Morgan fingerprint density at radius 2 is 2.12 bits per heavy atom. The van der Waals surface area contributed by atoms with Crippen molar-refractivity contribution in [3.63, 3.8) is 0 Å². The molecule has 0 radical (unpaired) electrons. The summed E-state index contributed by atoms with van der Waals surface area (Å²) in [4.78, 5) is 24.7. The number of hydrogen-bond donors (Lipinski definition) is 2. The van der Waals surface area contributed by atoms with Gasteiger partial charge >= 0.3 is 0 Å². The Hall–Kier alpha value is -1.20. The number of rotatable bonds is 2. The number of piperidine rings is 1. The summed E-state index contributed by atoms with van der Waals surface area (Å²) in [5, 5.41) is 0.875. The zero-order chi connectivity index (χ0) is 16.8. The van der Waals surface area contributed by atoms with E-state index < -0.39 is 0 Å². The molecule has 3 heterocycles. The topological polar surface area (TPSA) is 50.2 Å². The van der Waals surface area contributed by atoms with Crippen LogP contribution >= 0.6 is 11.3 Å². The summed E-state index contributed by atoms with van der Waals surface area (Å²) in [6, 6.07) is 0.267. The van der Waals surface area contributed by atoms with Crippen molar-refractivity contribution in [1.29, 1.82) is 0 Å². The molecule has 4 nitrogen and oxygen atoms in total. The van der Waals surface area contributed by atoms with Gasteiger partial charge in [0.15, 0.2) is 5.82 Å². The minimum Gasteiger partial charge on any atom is -0.326 e. The number of thiophene rings is 1. The van der Waals surface area contributed by atoms with E-state index >= 15 is 0 Å². The average molecular weight is 347 g/mol. The molecule has 2 aromatic rings. The normalized spacial score (nSPS) is 28.7. The molecule has 4 atom stereocenters. The van der Waals surface area contributed by atoms with Crippen molar-refractivity contribution in [3.05, 3.63) is 26.6 Å². The van der Waals surface area contributed by atoms with E-state index in [1.807, 2.05) is 0 Å². The van der Waals surface area contributed by atoms with Crippen LogP contribution in [0.4, 0.5) is 0 Å². The molecule has 0 saturated carbocycles. The van der Waals surface area contributed by atoms with Crippen LogP contribution in [0.3, 0.4) is 0 Å². The molecule has 0 amide bonds. The van der Waals surface area contributed by atoms with Crippen LogP contribution in [0.1, 0.15) is 62.3 Å². The van der Waals surface area contributed by atoms with Gasteiger partial charge in [-0.3, -0.25) is 4.79 Å². The third kappa shape index (κ3) is 2.82. The van der Waals surface area contributed by atoms with Crippen molar-refractivity contribution in [3.8, 4) is 0 Å². The number of aromatic nitrogens is 2. The number of nitrogens with zero attached hydrogens (tertiary/aromatic N) is 1. The van der Waals surface area contributed by atoms with Gasteiger partial charge in [-0.2, -0.15) is 0 Å². The van der Waals surface area contributed by atoms with Crippen LogP contribution in [0.2, 0.25) is 0 Å². The number of aromatic amines is 1. The van der Waals surface area contributed by atoms with Crippen molar-refractivity contribution in [2.75, 3.05) is 13.1 Å². The van der Waals surface area contributed by atoms with Gasteiger partial charge in [-0.05, 0) is 50.5 Å². The lowest BCUT2D eigenvalue weighted by Crippen LogP contribution is -3.13. The summed E-state index contributed by atoms with van der Waals surface area (Å²) in [6.45, 7) is 9.22. The van der Waals surface area contributed by atoms with Crippen LogP contribution < -0.4 is 10.5 Å². The zero-order valence-electron chi connectivity index (χ0n) is 14.9. The van der Waals surface area contributed by atoms with Gasteiger partial charge in [-0.1, -0.05) is 13.8 Å². The van der Waals surface area contributed by atoms with Crippen molar-refractivity contribution in [2.24, 2.45) is 11.8 Å². The van der Waals surface area contributed by atoms with Gasteiger partial charge in [0.1, 0.15) is 10.9 Å². The molecule has 2 aliphatic rings. The molecule has 1 fully saturated rings. The third-order valence-corrected chi connectivity index (χ3v) is 7.16. The lowest BCUT2D eigenvalue weighted by atomic mass is 9.89. The highest BCUT2D eigenvalue weighted by Crippen LogP contribution is 2.35. The standard InChI is InChI=1S/C19H27N3OS/c1-11-6-7-14-15(9-11)24-19-16(14)18(23)20-17(21-19)13(3)22-8-4-5-12(2)10-22/h11-13H,4-10H2,1-3H3,(H,20,21,23)/p+1/t11-,12+,13+/m1/s1. The highest BCUT2D eigenvalue weighted by molar-refractivity contribution is 7.18. The Kier molecular flexibility index (Phi) is 4.25. The molecule has 1 aliphatic heterocycles. The molecule has 0 aromatic carbocycles. The van der Waals surface area contributed by atoms with Crippen LogP contribution in [-0.4, -0.2) is 23.1 Å². The summed E-state index contributed by atoms with van der Waals surface area (Å²) >= 11 is 1.76. The molecular formula is C19H28N3OS+. The fraction of sp³-hybridized carbons (Fsp3) is 0.684. The van der Waals surface area contributed by atoms with Crippen molar-refractivity contribution in [2.45, 2.75) is 58.9 Å². The molecule has 24 heavy (non-hydrogen) atoms. The van der Waals surface area contributed by atoms with Crippen LogP contribution in [-0.2, 0) is 12.8 Å². The van der Waals surface area contributed by atoms with Crippen molar-refractivity contribution in [1.82, 2.24) is 9.97 Å². The second-order valence-corrected chi connectivity index (χ2v) is 9.15. The lowest BCUT2D eigenvalue weighted by molar-refractivity contribution is -0.938. The van der Waals surface area contributed by atoms with E-state index in [-0.39, 0.29) is 11.6 Å².